The predicted octanol–water partition coefficient (Wildman–Crippen LogP) is 3.63. The highest BCUT2D eigenvalue weighted by atomic mass is 19.1. The van der Waals surface area contributed by atoms with Crippen molar-refractivity contribution < 1.29 is 9.18 Å². The number of nitrogens with one attached hydrogen (secondary N) is 1. The molecule has 1 amide bonds. The Balaban J connectivity index is 1.09. The SMILES string of the molecule is Cn1cc(-c2cc(-c3cnc(N4C[C@@H]5CC(C)(NC(=O)c6ncccc6F)C[C@@H]5C4)cn3)c3c(C#N)cnn3c2)cn1. The van der Waals surface area contributed by atoms with Gasteiger partial charge in [0.15, 0.2) is 11.5 Å². The first-order valence-corrected chi connectivity index (χ1v) is 13.7. The number of hydrogen-bond acceptors (Lipinski definition) is 8. The summed E-state index contributed by atoms with van der Waals surface area (Å²) in [6.07, 6.45) is 13.7. The van der Waals surface area contributed by atoms with Crippen molar-refractivity contribution in [3.8, 4) is 28.5 Å². The highest BCUT2D eigenvalue weighted by molar-refractivity contribution is 5.93. The maximum absolute atomic E-state index is 14.1. The van der Waals surface area contributed by atoms with Gasteiger partial charge in [0.05, 0.1) is 41.6 Å². The van der Waals surface area contributed by atoms with E-state index in [1.165, 1.54) is 18.3 Å². The molecule has 7 rings (SSSR count). The van der Waals surface area contributed by atoms with Gasteiger partial charge < -0.3 is 10.2 Å². The lowest BCUT2D eigenvalue weighted by atomic mass is 9.97. The van der Waals surface area contributed by atoms with E-state index in [0.29, 0.717) is 28.6 Å². The molecule has 1 saturated carbocycles. The number of pyridine rings is 2. The zero-order valence-electron chi connectivity index (χ0n) is 23.1. The molecular weight excluding hydrogens is 535 g/mol. The van der Waals surface area contributed by atoms with Crippen molar-refractivity contribution in [1.82, 2.24) is 39.7 Å². The van der Waals surface area contributed by atoms with Crippen LogP contribution in [0.2, 0.25) is 0 Å². The second-order valence-corrected chi connectivity index (χ2v) is 11.5. The summed E-state index contributed by atoms with van der Waals surface area (Å²) in [5.41, 5.74) is 3.77. The smallest absolute Gasteiger partial charge is 0.273 e. The van der Waals surface area contributed by atoms with Crippen LogP contribution in [0.25, 0.3) is 27.9 Å². The minimum atomic E-state index is -0.619. The molecule has 2 fully saturated rings. The number of aromatic nitrogens is 7. The van der Waals surface area contributed by atoms with E-state index in [1.807, 2.05) is 32.4 Å². The summed E-state index contributed by atoms with van der Waals surface area (Å²) in [6.45, 7) is 3.61. The van der Waals surface area contributed by atoms with Crippen molar-refractivity contribution in [2.45, 2.75) is 25.3 Å². The van der Waals surface area contributed by atoms with Crippen molar-refractivity contribution in [2.24, 2.45) is 18.9 Å². The highest BCUT2D eigenvalue weighted by Crippen LogP contribution is 2.44. The number of rotatable bonds is 5. The molecule has 0 radical (unpaired) electrons. The van der Waals surface area contributed by atoms with Crippen LogP contribution in [0.15, 0.2) is 61.6 Å². The Morgan fingerprint density at radius 3 is 2.55 bits per heavy atom. The molecule has 11 nitrogen and oxygen atoms in total. The molecule has 1 unspecified atom stereocenters. The molecule has 1 aliphatic carbocycles. The molecule has 0 aromatic carbocycles. The minimum Gasteiger partial charge on any atom is -0.355 e. The number of nitriles is 1. The minimum absolute atomic E-state index is 0.172. The third-order valence-electron chi connectivity index (χ3n) is 8.40. The number of hydrogen-bond donors (Lipinski definition) is 1. The molecule has 3 atom stereocenters. The Hall–Kier alpha value is -5.18. The van der Waals surface area contributed by atoms with Crippen LogP contribution in [0.3, 0.4) is 0 Å². The zero-order chi connectivity index (χ0) is 29.0. The average Bonchev–Trinajstić information content (AvgIpc) is 3.75. The molecular formula is C30H27FN10O. The second kappa shape index (κ2) is 9.73. The maximum Gasteiger partial charge on any atom is 0.273 e. The molecule has 210 valence electrons. The van der Waals surface area contributed by atoms with E-state index in [2.05, 4.69) is 31.5 Å². The third-order valence-corrected chi connectivity index (χ3v) is 8.40. The Bertz CT molecular complexity index is 1860. The normalized spacial score (nSPS) is 21.4. The van der Waals surface area contributed by atoms with Crippen LogP contribution in [0.4, 0.5) is 10.2 Å². The van der Waals surface area contributed by atoms with E-state index < -0.39 is 17.3 Å². The summed E-state index contributed by atoms with van der Waals surface area (Å²) in [5.74, 6) is 0.417. The number of carbonyl (C=O) groups excluding carboxylic acids is 1. The lowest BCUT2D eigenvalue weighted by Crippen LogP contribution is -2.45. The number of halogens is 1. The summed E-state index contributed by atoms with van der Waals surface area (Å²) >= 11 is 0. The fourth-order valence-corrected chi connectivity index (χ4v) is 6.57. The van der Waals surface area contributed by atoms with Crippen LogP contribution in [0, 0.1) is 29.0 Å². The van der Waals surface area contributed by atoms with Crippen molar-refractivity contribution in [2.75, 3.05) is 18.0 Å². The van der Waals surface area contributed by atoms with E-state index >= 15 is 0 Å². The molecule has 5 aromatic rings. The first kappa shape index (κ1) is 25.8. The fraction of sp³-hybridized carbons (Fsp3) is 0.300. The molecule has 1 saturated heterocycles. The van der Waals surface area contributed by atoms with Gasteiger partial charge in [-0.05, 0) is 49.8 Å². The van der Waals surface area contributed by atoms with E-state index in [-0.39, 0.29) is 5.69 Å². The van der Waals surface area contributed by atoms with E-state index in [1.54, 1.807) is 34.0 Å². The van der Waals surface area contributed by atoms with Gasteiger partial charge in [-0.3, -0.25) is 14.5 Å². The summed E-state index contributed by atoms with van der Waals surface area (Å²) in [7, 11) is 1.86. The summed E-state index contributed by atoms with van der Waals surface area (Å²) < 4.78 is 17.5. The molecule has 1 aliphatic heterocycles. The second-order valence-electron chi connectivity index (χ2n) is 11.5. The summed E-state index contributed by atoms with van der Waals surface area (Å²) in [6, 6.07) is 6.94. The van der Waals surface area contributed by atoms with Crippen molar-refractivity contribution in [3.63, 3.8) is 0 Å². The Morgan fingerprint density at radius 2 is 1.88 bits per heavy atom. The Kier molecular flexibility index (Phi) is 5.97. The van der Waals surface area contributed by atoms with E-state index in [0.717, 1.165) is 48.4 Å². The Morgan fingerprint density at radius 1 is 1.07 bits per heavy atom. The number of amides is 1. The average molecular weight is 563 g/mol. The number of aryl methyl sites for hydroxylation is 1. The van der Waals surface area contributed by atoms with Crippen molar-refractivity contribution in [1.29, 1.82) is 5.26 Å². The maximum atomic E-state index is 14.1. The largest absolute Gasteiger partial charge is 0.355 e. The molecule has 0 bridgehead atoms. The van der Waals surface area contributed by atoms with Crippen molar-refractivity contribution >= 4 is 17.2 Å². The highest BCUT2D eigenvalue weighted by Gasteiger charge is 2.48. The number of nitrogens with zero attached hydrogens (tertiary/aromatic N) is 9. The standard InChI is InChI=1S/C30H27FN10O/c1-30(38-29(42)27-24(31)4-3-5-33-27)7-19-15-40(16-20(19)8-30)26-13-34-25(12-35-26)23-6-18(22-11-36-39(2)14-22)17-41-28(23)21(9-32)10-37-41/h3-6,10-14,17,19-20H,7-8,15-16H2,1-2H3,(H,38,42)/t19-,20+,30?. The van der Waals surface area contributed by atoms with Gasteiger partial charge in [0.1, 0.15) is 11.9 Å². The molecule has 42 heavy (non-hydrogen) atoms. The third kappa shape index (κ3) is 4.43. The van der Waals surface area contributed by atoms with Gasteiger partial charge in [0.25, 0.3) is 5.91 Å². The monoisotopic (exact) mass is 562 g/mol. The number of anilines is 1. The summed E-state index contributed by atoms with van der Waals surface area (Å²) in [5, 5.41) is 21.4. The van der Waals surface area contributed by atoms with Gasteiger partial charge in [-0.2, -0.15) is 15.5 Å². The van der Waals surface area contributed by atoms with Gasteiger partial charge in [-0.1, -0.05) is 0 Å². The molecule has 2 aliphatic rings. The van der Waals surface area contributed by atoms with Crippen LogP contribution < -0.4 is 10.2 Å². The van der Waals surface area contributed by atoms with Gasteiger partial charge in [0, 0.05) is 61.0 Å². The van der Waals surface area contributed by atoms with Gasteiger partial charge in [-0.25, -0.2) is 18.9 Å². The van der Waals surface area contributed by atoms with Crippen LogP contribution in [-0.2, 0) is 7.05 Å². The lowest BCUT2D eigenvalue weighted by molar-refractivity contribution is 0.0895. The van der Waals surface area contributed by atoms with Crippen LogP contribution in [0.1, 0.15) is 35.8 Å². The van der Waals surface area contributed by atoms with E-state index in [9.17, 15) is 14.4 Å². The van der Waals surface area contributed by atoms with Crippen LogP contribution in [-0.4, -0.2) is 58.9 Å². The molecule has 6 heterocycles. The lowest BCUT2D eigenvalue weighted by Gasteiger charge is -2.28. The molecule has 0 spiro atoms. The number of fused-ring (bicyclic) bond motifs is 2. The topological polar surface area (TPSA) is 130 Å². The fourth-order valence-electron chi connectivity index (χ4n) is 6.57. The summed E-state index contributed by atoms with van der Waals surface area (Å²) in [4.78, 5) is 28.4. The van der Waals surface area contributed by atoms with Crippen molar-refractivity contribution in [3.05, 3.63) is 78.7 Å². The van der Waals surface area contributed by atoms with Crippen LogP contribution >= 0.6 is 0 Å². The number of carbonyl (C=O) groups is 1. The quantitative estimate of drug-likeness (QED) is 0.344. The van der Waals surface area contributed by atoms with Gasteiger partial charge >= 0.3 is 0 Å². The predicted molar refractivity (Wildman–Crippen MR) is 152 cm³/mol. The molecule has 12 heteroatoms. The first-order chi connectivity index (χ1) is 20.3. The molecule has 1 N–H and O–H groups in total. The van der Waals surface area contributed by atoms with Crippen LogP contribution in [0.5, 0.6) is 0 Å². The van der Waals surface area contributed by atoms with Gasteiger partial charge in [0.2, 0.25) is 0 Å². The van der Waals surface area contributed by atoms with Gasteiger partial charge in [-0.15, -0.1) is 0 Å². The first-order valence-electron chi connectivity index (χ1n) is 13.7. The van der Waals surface area contributed by atoms with E-state index in [4.69, 9.17) is 9.97 Å². The Labute approximate surface area is 240 Å². The zero-order valence-corrected chi connectivity index (χ0v) is 23.1. The molecule has 5 aromatic heterocycles.